The van der Waals surface area contributed by atoms with Crippen molar-refractivity contribution in [2.24, 2.45) is 0 Å². The van der Waals surface area contributed by atoms with E-state index >= 15 is 0 Å². The van der Waals surface area contributed by atoms with Crippen molar-refractivity contribution in [3.05, 3.63) is 207 Å². The van der Waals surface area contributed by atoms with Gasteiger partial charge < -0.3 is 51.1 Å². The van der Waals surface area contributed by atoms with Gasteiger partial charge in [0, 0.05) is 5.48 Å². The summed E-state index contributed by atoms with van der Waals surface area (Å²) in [5, 5.41) is 103. The molecule has 0 radical (unpaired) electrons. The van der Waals surface area contributed by atoms with E-state index in [1.54, 1.807) is 49.4 Å². The largest absolute Gasteiger partial charge is 0.388 e. The second-order valence-corrected chi connectivity index (χ2v) is 28.8. The monoisotopic (exact) mass is 1410 g/mol. The molecular formula is C92H138O10. The standard InChI is InChI=1S/C19H30O2.4C18H26O2.CH4/c1-4-8-18(20)17-10-7-9-16(15-17)11-14-19(21,12-5-2)13-6-3;4*1-2-7-17(19)16-9-6-8-15(14-16)10-13-18(20)11-4-3-5-12-18;/h7,9-11,14-15,18,20-21H,4-6,8,12-13H2,1-3H3;4*6,8-10,13-14,17,19-20H,2-5,7,11-12H2,1H3;1H4/b14-11+;4*13-10+;/i11D,14D;17D;9D;7D2;2D2;. The molecular weight excluding hydrogens is 1270 g/mol. The molecule has 0 saturated heterocycles. The average molecular weight is 1410 g/mol. The third kappa shape index (κ3) is 33.2. The van der Waals surface area contributed by atoms with E-state index in [2.05, 4.69) is 0 Å². The number of aliphatic hydroxyl groups is 10. The Morgan fingerprint density at radius 1 is 0.402 bits per heavy atom. The molecule has 0 bridgehead atoms. The highest BCUT2D eigenvalue weighted by Crippen LogP contribution is 2.35. The molecule has 5 unspecified atom stereocenters. The van der Waals surface area contributed by atoms with E-state index in [4.69, 9.17) is 11.0 Å². The van der Waals surface area contributed by atoms with Gasteiger partial charge in [0.25, 0.3) is 0 Å². The van der Waals surface area contributed by atoms with Gasteiger partial charge in [-0.1, -0.05) is 330 Å². The molecule has 0 heterocycles. The van der Waals surface area contributed by atoms with E-state index in [9.17, 15) is 51.1 Å². The molecule has 0 spiro atoms. The number of hydrogen-bond donors (Lipinski definition) is 10. The van der Waals surface area contributed by atoms with E-state index in [0.29, 0.717) is 66.0 Å². The van der Waals surface area contributed by atoms with Crippen LogP contribution in [0.15, 0.2) is 152 Å². The number of hydrogen-bond acceptors (Lipinski definition) is 10. The first-order valence-electron chi connectivity index (χ1n) is 42.5. The van der Waals surface area contributed by atoms with Gasteiger partial charge in [-0.3, -0.25) is 0 Å². The Hall–Kier alpha value is -5.60. The summed E-state index contributed by atoms with van der Waals surface area (Å²) in [5.41, 5.74) is 3.56. The van der Waals surface area contributed by atoms with E-state index < -0.39 is 71.2 Å². The zero-order valence-electron chi connectivity index (χ0n) is 70.5. The smallest absolute Gasteiger partial charge is 0.0830 e. The summed E-state index contributed by atoms with van der Waals surface area (Å²) in [6.45, 7) is 13.1. The highest BCUT2D eigenvalue weighted by Gasteiger charge is 2.29. The lowest BCUT2D eigenvalue weighted by Crippen LogP contribution is -2.28. The minimum atomic E-state index is -1.64. The average Bonchev–Trinajstić information content (AvgIpc) is 0.827. The third-order valence-electron chi connectivity index (χ3n) is 19.6. The summed E-state index contributed by atoms with van der Waals surface area (Å²) in [5.74, 6) is 0. The van der Waals surface area contributed by atoms with Crippen LogP contribution in [0, 0.1) is 0 Å². The fraction of sp³-hybridized carbons (Fsp3) is 0.565. The van der Waals surface area contributed by atoms with Gasteiger partial charge in [-0.2, -0.15) is 0 Å². The van der Waals surface area contributed by atoms with Crippen LogP contribution in [0.25, 0.3) is 30.4 Å². The van der Waals surface area contributed by atoms with Crippen molar-refractivity contribution in [1.82, 2.24) is 0 Å². The quantitative estimate of drug-likeness (QED) is 0.0220. The molecule has 9 rings (SSSR count). The summed E-state index contributed by atoms with van der Waals surface area (Å²) >= 11 is 0. The Morgan fingerprint density at radius 3 is 1.08 bits per heavy atom. The molecule has 4 aliphatic rings. The molecule has 10 heteroatoms. The maximum Gasteiger partial charge on any atom is 0.0830 e. The van der Waals surface area contributed by atoms with Gasteiger partial charge in [0.15, 0.2) is 0 Å². The van der Waals surface area contributed by atoms with Crippen molar-refractivity contribution in [3.8, 4) is 0 Å². The lowest BCUT2D eigenvalue weighted by molar-refractivity contribution is 0.0517. The van der Waals surface area contributed by atoms with Crippen LogP contribution in [0.2, 0.25) is 0 Å². The predicted octanol–water partition coefficient (Wildman–Crippen LogP) is 22.4. The Morgan fingerprint density at radius 2 is 0.716 bits per heavy atom. The van der Waals surface area contributed by atoms with Crippen molar-refractivity contribution < 1.29 is 62.0 Å². The van der Waals surface area contributed by atoms with Crippen LogP contribution in [-0.2, 0) is 0 Å². The molecule has 4 aliphatic carbocycles. The fourth-order valence-corrected chi connectivity index (χ4v) is 13.6. The first-order chi connectivity index (χ1) is 51.5. The third-order valence-corrected chi connectivity index (χ3v) is 19.6. The van der Waals surface area contributed by atoms with Crippen LogP contribution >= 0.6 is 0 Å². The molecule has 5 aromatic rings. The van der Waals surface area contributed by atoms with Gasteiger partial charge in [-0.25, -0.2) is 0 Å². The van der Waals surface area contributed by atoms with Gasteiger partial charge in [-0.15, -0.1) is 0 Å². The minimum Gasteiger partial charge on any atom is -0.388 e. The van der Waals surface area contributed by atoms with Crippen LogP contribution in [-0.4, -0.2) is 79.1 Å². The van der Waals surface area contributed by atoms with E-state index in [-0.39, 0.29) is 32.4 Å². The highest BCUT2D eigenvalue weighted by molar-refractivity contribution is 5.55. The van der Waals surface area contributed by atoms with Crippen LogP contribution in [0.4, 0.5) is 0 Å². The fourth-order valence-electron chi connectivity index (χ4n) is 13.6. The lowest BCUT2D eigenvalue weighted by atomic mass is 9.84. The maximum atomic E-state index is 10.8. The summed E-state index contributed by atoms with van der Waals surface area (Å²) in [6, 6.07) is 35.1. The minimum absolute atomic E-state index is 0. The van der Waals surface area contributed by atoms with E-state index in [1.165, 1.54) is 32.6 Å². The molecule has 0 aliphatic heterocycles. The van der Waals surface area contributed by atoms with Gasteiger partial charge >= 0.3 is 0 Å². The molecule has 566 valence electrons. The Bertz CT molecular complexity index is 3620. The molecule has 4 saturated carbocycles. The van der Waals surface area contributed by atoms with Gasteiger partial charge in [0.2, 0.25) is 0 Å². The first kappa shape index (κ1) is 76.1. The summed E-state index contributed by atoms with van der Waals surface area (Å²) in [4.78, 5) is 0. The van der Waals surface area contributed by atoms with Crippen LogP contribution in [0.1, 0.15) is 371 Å². The summed E-state index contributed by atoms with van der Waals surface area (Å²) < 4.78 is 63.4. The first-order valence-corrected chi connectivity index (χ1v) is 38.5. The SMILES string of the molecule is C.[2H]/C(=C(/[2H])C(O)(CCC)CCC)c1cccc(C(O)CCC)c1.[2H]C(O)(CCC)c1cccc(/C=C/C2(O)CCCCC2)c1.[2H]C([2H])(C)CC(O)c1cccc(/C=C/C2(O)CCCCC2)c1.[2H]C([2H])(CC)C(O)c1cccc(/C=C/C2(O)CCCCC2)c1.[2H]c1ccc(/C=C/C2(O)CCCCC2)cc1C(O)CCC. The zero-order chi connectivity index (χ0) is 80.5. The van der Waals surface area contributed by atoms with Crippen molar-refractivity contribution in [2.45, 2.75) is 333 Å². The Labute approximate surface area is 629 Å². The molecule has 0 aromatic heterocycles. The van der Waals surface area contributed by atoms with Crippen LogP contribution in [0.5, 0.6) is 0 Å². The lowest BCUT2D eigenvalue weighted by Gasteiger charge is -2.28. The normalized spacial score (nSPS) is 20.6. The maximum absolute atomic E-state index is 10.8. The zero-order valence-corrected chi connectivity index (χ0v) is 62.5. The second kappa shape index (κ2) is 47.8. The Balaban J connectivity index is 0.000000290. The number of aliphatic hydroxyl groups excluding tert-OH is 4. The van der Waals surface area contributed by atoms with Gasteiger partial charge in [0.05, 0.1) is 64.0 Å². The molecule has 5 atom stereocenters. The Kier molecular flexibility index (Phi) is 35.6. The van der Waals surface area contributed by atoms with Crippen molar-refractivity contribution >= 4 is 30.4 Å². The number of rotatable bonds is 29. The second-order valence-electron chi connectivity index (χ2n) is 28.8. The van der Waals surface area contributed by atoms with Crippen LogP contribution < -0.4 is 0 Å². The molecule has 0 amide bonds. The summed E-state index contributed by atoms with van der Waals surface area (Å²) in [6.07, 6.45) is 34.4. The molecule has 10 N–H and O–H groups in total. The summed E-state index contributed by atoms with van der Waals surface area (Å²) in [7, 11) is 0. The molecule has 102 heavy (non-hydrogen) atoms. The van der Waals surface area contributed by atoms with Crippen LogP contribution in [0.3, 0.4) is 0 Å². The van der Waals surface area contributed by atoms with E-state index in [1.807, 2.05) is 156 Å². The molecule has 10 nitrogen and oxygen atoms in total. The van der Waals surface area contributed by atoms with Crippen molar-refractivity contribution in [3.63, 3.8) is 0 Å². The van der Waals surface area contributed by atoms with Gasteiger partial charge in [0.1, 0.15) is 0 Å². The molecule has 5 aromatic carbocycles. The van der Waals surface area contributed by atoms with Crippen molar-refractivity contribution in [1.29, 1.82) is 0 Å². The molecule has 4 fully saturated rings. The van der Waals surface area contributed by atoms with Gasteiger partial charge in [-0.05, 0) is 182 Å². The van der Waals surface area contributed by atoms with Crippen molar-refractivity contribution in [2.75, 3.05) is 0 Å². The number of benzene rings is 5. The predicted molar refractivity (Wildman–Crippen MR) is 430 cm³/mol. The topological polar surface area (TPSA) is 202 Å². The van der Waals surface area contributed by atoms with E-state index in [0.717, 1.165) is 163 Å². The highest BCUT2D eigenvalue weighted by atomic mass is 16.3.